The Kier molecular flexibility index (Phi) is 5.24. The Labute approximate surface area is 165 Å². The van der Waals surface area contributed by atoms with Crippen LogP contribution in [0.1, 0.15) is 25.7 Å². The average molecular weight is 372 g/mol. The van der Waals surface area contributed by atoms with Gasteiger partial charge in [-0.1, -0.05) is 42.5 Å². The van der Waals surface area contributed by atoms with E-state index in [1.165, 1.54) is 11.9 Å². The van der Waals surface area contributed by atoms with Gasteiger partial charge in [0.1, 0.15) is 29.5 Å². The van der Waals surface area contributed by atoms with Gasteiger partial charge in [-0.15, -0.1) is 0 Å². The van der Waals surface area contributed by atoms with Gasteiger partial charge in [0, 0.05) is 6.04 Å². The van der Waals surface area contributed by atoms with Crippen molar-refractivity contribution in [1.82, 2.24) is 9.97 Å². The maximum Gasteiger partial charge on any atom is 0.139 e. The molecule has 1 aliphatic rings. The fraction of sp³-hybridized carbons (Fsp3) is 0.217. The molecule has 5 nitrogen and oxygen atoms in total. The fourth-order valence-corrected chi connectivity index (χ4v) is 3.58. The summed E-state index contributed by atoms with van der Waals surface area (Å²) in [5.41, 5.74) is 9.27. The van der Waals surface area contributed by atoms with Gasteiger partial charge in [0.25, 0.3) is 0 Å². The third-order valence-electron chi connectivity index (χ3n) is 4.96. The number of aromatic nitrogens is 2. The Morgan fingerprint density at radius 1 is 1.00 bits per heavy atom. The minimum absolute atomic E-state index is 0.329. The van der Waals surface area contributed by atoms with E-state index in [0.717, 1.165) is 54.1 Å². The smallest absolute Gasteiger partial charge is 0.139 e. The van der Waals surface area contributed by atoms with Crippen molar-refractivity contribution in [3.8, 4) is 22.6 Å². The van der Waals surface area contributed by atoms with Gasteiger partial charge >= 0.3 is 0 Å². The lowest BCUT2D eigenvalue weighted by molar-refractivity contribution is 0.483. The number of nitrogens with one attached hydrogen (secondary N) is 1. The molecule has 0 saturated heterocycles. The Morgan fingerprint density at radius 2 is 1.75 bits per heavy atom. The maximum absolute atomic E-state index is 6.21. The van der Waals surface area contributed by atoms with Crippen molar-refractivity contribution in [3.63, 3.8) is 0 Å². The van der Waals surface area contributed by atoms with Crippen LogP contribution in [0.5, 0.6) is 11.5 Å². The predicted octanol–water partition coefficient (Wildman–Crippen LogP) is 5.43. The molecular formula is C23H24N4O. The number of nitrogens with two attached hydrogens (primary N) is 1. The minimum Gasteiger partial charge on any atom is -0.457 e. The van der Waals surface area contributed by atoms with Crippen molar-refractivity contribution in [2.45, 2.75) is 31.7 Å². The second-order valence-electron chi connectivity index (χ2n) is 7.11. The van der Waals surface area contributed by atoms with E-state index in [0.29, 0.717) is 11.9 Å². The summed E-state index contributed by atoms with van der Waals surface area (Å²) in [5, 5.41) is 3.55. The van der Waals surface area contributed by atoms with Gasteiger partial charge in [0.2, 0.25) is 0 Å². The summed E-state index contributed by atoms with van der Waals surface area (Å²) in [7, 11) is 0. The van der Waals surface area contributed by atoms with Crippen LogP contribution in [-0.2, 0) is 0 Å². The molecule has 28 heavy (non-hydrogen) atoms. The molecule has 1 heterocycles. The van der Waals surface area contributed by atoms with E-state index in [9.17, 15) is 0 Å². The molecule has 0 unspecified atom stereocenters. The zero-order valence-electron chi connectivity index (χ0n) is 15.8. The Morgan fingerprint density at radius 3 is 2.50 bits per heavy atom. The number of ether oxygens (including phenoxy) is 1. The number of benzene rings is 2. The monoisotopic (exact) mass is 372 g/mol. The maximum atomic E-state index is 6.21. The number of hydrogen-bond acceptors (Lipinski definition) is 5. The highest BCUT2D eigenvalue weighted by Gasteiger charge is 2.19. The first-order valence-corrected chi connectivity index (χ1v) is 9.56. The molecule has 3 N–H and O–H groups in total. The molecule has 1 atom stereocenters. The summed E-state index contributed by atoms with van der Waals surface area (Å²) in [5.74, 6) is 2.80. The van der Waals surface area contributed by atoms with Crippen LogP contribution in [0.4, 0.5) is 11.6 Å². The van der Waals surface area contributed by atoms with E-state index in [-0.39, 0.29) is 0 Å². The summed E-state index contributed by atoms with van der Waals surface area (Å²) in [6, 6.07) is 17.9. The van der Waals surface area contributed by atoms with E-state index >= 15 is 0 Å². The van der Waals surface area contributed by atoms with Crippen molar-refractivity contribution in [3.05, 3.63) is 73.1 Å². The van der Waals surface area contributed by atoms with Gasteiger partial charge in [-0.25, -0.2) is 9.97 Å². The number of nitrogens with zero attached hydrogens (tertiary/aromatic N) is 2. The Balaban J connectivity index is 1.57. The first kappa shape index (κ1) is 18.0. The lowest BCUT2D eigenvalue weighted by Crippen LogP contribution is -2.24. The quantitative estimate of drug-likeness (QED) is 0.584. The van der Waals surface area contributed by atoms with Crippen LogP contribution in [0.2, 0.25) is 0 Å². The standard InChI is InChI=1S/C23H24N4O/c1-16-6-5-7-18(14-16)27-23-21(22(24)25-15-26-23)17-10-12-20(13-11-17)28-19-8-3-2-4-9-19/h2-4,8-13,15,18H,1,5-7,14H2,(H3,24,25,26,27)/t18-/m1/s1. The zero-order valence-corrected chi connectivity index (χ0v) is 15.8. The lowest BCUT2D eigenvalue weighted by atomic mass is 9.91. The Bertz CT molecular complexity index is 954. The van der Waals surface area contributed by atoms with Crippen LogP contribution < -0.4 is 15.8 Å². The molecule has 4 rings (SSSR count). The number of rotatable bonds is 5. The molecule has 0 amide bonds. The van der Waals surface area contributed by atoms with Crippen LogP contribution >= 0.6 is 0 Å². The third-order valence-corrected chi connectivity index (χ3v) is 4.96. The van der Waals surface area contributed by atoms with Crippen LogP contribution in [0.15, 0.2) is 73.1 Å². The van der Waals surface area contributed by atoms with Crippen LogP contribution in [-0.4, -0.2) is 16.0 Å². The second-order valence-corrected chi connectivity index (χ2v) is 7.11. The van der Waals surface area contributed by atoms with Crippen molar-refractivity contribution < 1.29 is 4.74 Å². The summed E-state index contributed by atoms with van der Waals surface area (Å²) in [6.07, 6.45) is 5.84. The highest BCUT2D eigenvalue weighted by molar-refractivity contribution is 5.83. The fourth-order valence-electron chi connectivity index (χ4n) is 3.58. The van der Waals surface area contributed by atoms with Crippen LogP contribution in [0, 0.1) is 0 Å². The van der Waals surface area contributed by atoms with E-state index in [4.69, 9.17) is 10.5 Å². The number of hydrogen-bond donors (Lipinski definition) is 2. The molecular weight excluding hydrogens is 348 g/mol. The topological polar surface area (TPSA) is 73.1 Å². The van der Waals surface area contributed by atoms with E-state index in [2.05, 4.69) is 21.9 Å². The molecule has 1 aromatic heterocycles. The van der Waals surface area contributed by atoms with Gasteiger partial charge in [0.05, 0.1) is 5.56 Å². The summed E-state index contributed by atoms with van der Waals surface area (Å²) < 4.78 is 5.88. The van der Waals surface area contributed by atoms with Gasteiger partial charge in [-0.2, -0.15) is 0 Å². The summed E-state index contributed by atoms with van der Waals surface area (Å²) in [6.45, 7) is 4.14. The molecule has 0 spiro atoms. The summed E-state index contributed by atoms with van der Waals surface area (Å²) >= 11 is 0. The normalized spacial score (nSPS) is 16.6. The molecule has 1 aliphatic carbocycles. The molecule has 142 valence electrons. The van der Waals surface area contributed by atoms with Crippen molar-refractivity contribution in [2.24, 2.45) is 0 Å². The van der Waals surface area contributed by atoms with Gasteiger partial charge in [-0.05, 0) is 55.5 Å². The second kappa shape index (κ2) is 8.13. The average Bonchev–Trinajstić information content (AvgIpc) is 2.70. The molecule has 0 bridgehead atoms. The first-order valence-electron chi connectivity index (χ1n) is 9.56. The number of para-hydroxylation sites is 1. The molecule has 2 aromatic carbocycles. The first-order chi connectivity index (χ1) is 13.7. The van der Waals surface area contributed by atoms with Crippen molar-refractivity contribution in [1.29, 1.82) is 0 Å². The largest absolute Gasteiger partial charge is 0.457 e. The highest BCUT2D eigenvalue weighted by Crippen LogP contribution is 2.34. The van der Waals surface area contributed by atoms with Crippen molar-refractivity contribution in [2.75, 3.05) is 11.1 Å². The zero-order chi connectivity index (χ0) is 19.3. The van der Waals surface area contributed by atoms with E-state index in [1.807, 2.05) is 54.6 Å². The van der Waals surface area contributed by atoms with Crippen LogP contribution in [0.25, 0.3) is 11.1 Å². The molecule has 5 heteroatoms. The van der Waals surface area contributed by atoms with Gasteiger partial charge in [-0.3, -0.25) is 0 Å². The molecule has 0 aliphatic heterocycles. The van der Waals surface area contributed by atoms with Gasteiger partial charge in [0.15, 0.2) is 0 Å². The van der Waals surface area contributed by atoms with E-state index in [1.54, 1.807) is 0 Å². The predicted molar refractivity (Wildman–Crippen MR) is 113 cm³/mol. The third kappa shape index (κ3) is 4.14. The summed E-state index contributed by atoms with van der Waals surface area (Å²) in [4.78, 5) is 8.65. The van der Waals surface area contributed by atoms with Crippen molar-refractivity contribution >= 4 is 11.6 Å². The van der Waals surface area contributed by atoms with Crippen LogP contribution in [0.3, 0.4) is 0 Å². The molecule has 0 radical (unpaired) electrons. The number of anilines is 2. The molecule has 1 saturated carbocycles. The SMILES string of the molecule is C=C1CCC[C@@H](Nc2ncnc(N)c2-c2ccc(Oc3ccccc3)cc2)C1. The number of nitrogen functional groups attached to an aromatic ring is 1. The Hall–Kier alpha value is -3.34. The van der Waals surface area contributed by atoms with E-state index < -0.39 is 0 Å². The lowest BCUT2D eigenvalue weighted by Gasteiger charge is -2.26. The minimum atomic E-state index is 0.329. The van der Waals surface area contributed by atoms with Gasteiger partial charge < -0.3 is 15.8 Å². The molecule has 1 fully saturated rings. The molecule has 3 aromatic rings. The highest BCUT2D eigenvalue weighted by atomic mass is 16.5.